The van der Waals surface area contributed by atoms with Crippen LogP contribution >= 0.6 is 11.5 Å². The third-order valence-corrected chi connectivity index (χ3v) is 3.32. The molecule has 2 heterocycles. The van der Waals surface area contributed by atoms with E-state index in [4.69, 9.17) is 10.8 Å². The zero-order valence-electron chi connectivity index (χ0n) is 10.0. The van der Waals surface area contributed by atoms with Crippen molar-refractivity contribution in [1.29, 1.82) is 0 Å². The second-order valence-corrected chi connectivity index (χ2v) is 4.65. The van der Waals surface area contributed by atoms with Crippen LogP contribution in [0, 0.1) is 6.92 Å². The van der Waals surface area contributed by atoms with Gasteiger partial charge in [0.15, 0.2) is 4.88 Å². The molecule has 4 N–H and O–H groups in total. The van der Waals surface area contributed by atoms with Gasteiger partial charge in [0, 0.05) is 0 Å². The van der Waals surface area contributed by atoms with E-state index < -0.39 is 5.97 Å². The molecular weight excluding hydrogens is 256 g/mol. The molecule has 0 saturated carbocycles. The minimum absolute atomic E-state index is 0.0567. The van der Waals surface area contributed by atoms with E-state index in [1.807, 2.05) is 0 Å². The average Bonchev–Trinajstić information content (AvgIpc) is 2.77. The lowest BCUT2D eigenvalue weighted by atomic mass is 10.1. The van der Waals surface area contributed by atoms with Gasteiger partial charge in [-0.3, -0.25) is 4.79 Å². The molecule has 1 aliphatic rings. The van der Waals surface area contributed by atoms with Gasteiger partial charge in [0.2, 0.25) is 5.91 Å². The van der Waals surface area contributed by atoms with E-state index in [0.717, 1.165) is 30.9 Å². The van der Waals surface area contributed by atoms with Crippen LogP contribution in [0.4, 0.5) is 0 Å². The maximum atomic E-state index is 10.5. The predicted molar refractivity (Wildman–Crippen MR) is 66.4 cm³/mol. The lowest BCUT2D eigenvalue weighted by Crippen LogP contribution is -2.44. The predicted octanol–water partition coefficient (Wildman–Crippen LogP) is 0.159. The van der Waals surface area contributed by atoms with Crippen LogP contribution < -0.4 is 11.1 Å². The summed E-state index contributed by atoms with van der Waals surface area (Å²) in [5.41, 5.74) is 5.54. The monoisotopic (exact) mass is 272 g/mol. The largest absolute Gasteiger partial charge is 0.477 e. The van der Waals surface area contributed by atoms with E-state index in [-0.39, 0.29) is 16.8 Å². The van der Waals surface area contributed by atoms with Gasteiger partial charge in [0.05, 0.1) is 11.7 Å². The van der Waals surface area contributed by atoms with Gasteiger partial charge < -0.3 is 16.2 Å². The van der Waals surface area contributed by atoms with Crippen molar-refractivity contribution in [3.8, 4) is 0 Å². The normalized spacial score (nSPS) is 18.6. The number of aromatic carboxylic acids is 1. The minimum atomic E-state index is -0.956. The summed E-state index contributed by atoms with van der Waals surface area (Å²) in [5.74, 6) is -1.17. The fraction of sp³-hybridized carbons (Fsp3) is 0.600. The quantitative estimate of drug-likeness (QED) is 0.705. The lowest BCUT2D eigenvalue weighted by Gasteiger charge is -2.19. The van der Waals surface area contributed by atoms with Crippen molar-refractivity contribution in [2.75, 3.05) is 6.54 Å². The number of primary amides is 1. The first kappa shape index (κ1) is 14.5. The zero-order valence-corrected chi connectivity index (χ0v) is 10.9. The highest BCUT2D eigenvalue weighted by Crippen LogP contribution is 2.07. The fourth-order valence-electron chi connectivity index (χ4n) is 1.52. The van der Waals surface area contributed by atoms with Gasteiger partial charge in [-0.15, -0.1) is 5.10 Å². The fourth-order valence-corrected chi connectivity index (χ4v) is 2.02. The number of aryl methyl sites for hydroxylation is 1. The summed E-state index contributed by atoms with van der Waals surface area (Å²) in [4.78, 5) is 20.9. The Morgan fingerprint density at radius 3 is 2.50 bits per heavy atom. The molecule has 18 heavy (non-hydrogen) atoms. The van der Waals surface area contributed by atoms with Crippen LogP contribution in [-0.4, -0.2) is 39.2 Å². The van der Waals surface area contributed by atoms with E-state index >= 15 is 0 Å². The number of amides is 1. The van der Waals surface area contributed by atoms with Crippen molar-refractivity contribution < 1.29 is 14.7 Å². The number of rotatable bonds is 2. The van der Waals surface area contributed by atoms with Crippen LogP contribution in [0.1, 0.15) is 34.6 Å². The topological polar surface area (TPSA) is 118 Å². The van der Waals surface area contributed by atoms with Crippen molar-refractivity contribution in [3.05, 3.63) is 10.6 Å². The molecule has 1 unspecified atom stereocenters. The van der Waals surface area contributed by atoms with E-state index in [1.165, 1.54) is 6.42 Å². The van der Waals surface area contributed by atoms with Gasteiger partial charge in [-0.25, -0.2) is 4.79 Å². The van der Waals surface area contributed by atoms with Gasteiger partial charge in [-0.05, 0) is 37.8 Å². The molecular formula is C10H16N4O3S. The number of piperidine rings is 1. The van der Waals surface area contributed by atoms with Crippen LogP contribution in [0.5, 0.6) is 0 Å². The number of aromatic nitrogens is 2. The Balaban J connectivity index is 0.000000180. The number of carbonyl (C=O) groups is 2. The van der Waals surface area contributed by atoms with Gasteiger partial charge in [0.25, 0.3) is 0 Å². The highest BCUT2D eigenvalue weighted by molar-refractivity contribution is 7.07. The Kier molecular flexibility index (Phi) is 5.66. The van der Waals surface area contributed by atoms with Crippen LogP contribution in [0.15, 0.2) is 0 Å². The van der Waals surface area contributed by atoms with Crippen molar-refractivity contribution in [2.24, 2.45) is 5.73 Å². The molecule has 8 heteroatoms. The Morgan fingerprint density at radius 1 is 1.50 bits per heavy atom. The van der Waals surface area contributed by atoms with Gasteiger partial charge in [-0.2, -0.15) is 0 Å². The Labute approximate surface area is 109 Å². The zero-order chi connectivity index (χ0) is 13.5. The number of carbonyl (C=O) groups excluding carboxylic acids is 1. The summed E-state index contributed by atoms with van der Waals surface area (Å²) in [7, 11) is 0. The molecule has 0 radical (unpaired) electrons. The van der Waals surface area contributed by atoms with Crippen molar-refractivity contribution in [1.82, 2.24) is 14.9 Å². The Morgan fingerprint density at radius 2 is 2.22 bits per heavy atom. The Hall–Kier alpha value is -1.54. The van der Waals surface area contributed by atoms with Crippen LogP contribution in [0.2, 0.25) is 0 Å². The third-order valence-electron chi connectivity index (χ3n) is 2.50. The number of nitrogens with one attached hydrogen (secondary N) is 1. The number of carboxylic acid groups (broad SMARTS) is 1. The molecule has 0 spiro atoms. The maximum Gasteiger partial charge on any atom is 0.349 e. The van der Waals surface area contributed by atoms with Crippen molar-refractivity contribution in [2.45, 2.75) is 32.2 Å². The van der Waals surface area contributed by atoms with E-state index in [1.54, 1.807) is 6.92 Å². The van der Waals surface area contributed by atoms with Gasteiger partial charge in [0.1, 0.15) is 0 Å². The summed E-state index contributed by atoms with van der Waals surface area (Å²) in [6.07, 6.45) is 3.21. The smallest absolute Gasteiger partial charge is 0.349 e. The summed E-state index contributed by atoms with van der Waals surface area (Å²) in [5, 5.41) is 15.0. The standard InChI is InChI=1S/C6H12N2O.C4H4N2O2S/c7-6(9)5-3-1-2-4-8-5;1-2-3(4(7)8)9-6-5-2/h5,8H,1-4H2,(H2,7,9);1H3,(H,7,8). The number of nitrogens with zero attached hydrogens (tertiary/aromatic N) is 2. The highest BCUT2D eigenvalue weighted by Gasteiger charge is 2.16. The van der Waals surface area contributed by atoms with Gasteiger partial charge >= 0.3 is 5.97 Å². The van der Waals surface area contributed by atoms with Crippen LogP contribution in [-0.2, 0) is 4.79 Å². The minimum Gasteiger partial charge on any atom is -0.477 e. The molecule has 1 atom stereocenters. The van der Waals surface area contributed by atoms with Crippen molar-refractivity contribution in [3.63, 3.8) is 0 Å². The molecule has 1 aromatic heterocycles. The molecule has 2 rings (SSSR count). The third kappa shape index (κ3) is 4.38. The van der Waals surface area contributed by atoms with Crippen LogP contribution in [0.3, 0.4) is 0 Å². The highest BCUT2D eigenvalue weighted by atomic mass is 32.1. The van der Waals surface area contributed by atoms with E-state index in [2.05, 4.69) is 14.9 Å². The van der Waals surface area contributed by atoms with Crippen molar-refractivity contribution >= 4 is 23.4 Å². The number of hydrogen-bond acceptors (Lipinski definition) is 6. The summed E-state index contributed by atoms with van der Waals surface area (Å²) >= 11 is 0.897. The maximum absolute atomic E-state index is 10.5. The molecule has 1 aliphatic heterocycles. The molecule has 0 bridgehead atoms. The van der Waals surface area contributed by atoms with E-state index in [0.29, 0.717) is 5.69 Å². The number of carboxylic acids is 1. The second-order valence-electron chi connectivity index (χ2n) is 3.90. The Bertz CT molecular complexity index is 415. The molecule has 0 aliphatic carbocycles. The summed E-state index contributed by atoms with van der Waals surface area (Å²) in [6.45, 7) is 2.56. The number of hydrogen-bond donors (Lipinski definition) is 3. The number of nitrogens with two attached hydrogens (primary N) is 1. The average molecular weight is 272 g/mol. The summed E-state index contributed by atoms with van der Waals surface area (Å²) in [6, 6.07) is -0.0567. The molecule has 1 amide bonds. The molecule has 1 aromatic rings. The first-order valence-electron chi connectivity index (χ1n) is 5.57. The molecule has 100 valence electrons. The molecule has 0 aromatic carbocycles. The van der Waals surface area contributed by atoms with Gasteiger partial charge in [-0.1, -0.05) is 10.9 Å². The van der Waals surface area contributed by atoms with Crippen LogP contribution in [0.25, 0.3) is 0 Å². The SMILES string of the molecule is Cc1nnsc1C(=O)O.NC(=O)C1CCCCN1. The molecule has 1 fully saturated rings. The first-order chi connectivity index (χ1) is 8.52. The molecule has 7 nitrogen and oxygen atoms in total. The lowest BCUT2D eigenvalue weighted by molar-refractivity contribution is -0.120. The first-order valence-corrected chi connectivity index (χ1v) is 6.34. The van der Waals surface area contributed by atoms with E-state index in [9.17, 15) is 9.59 Å². The molecule has 1 saturated heterocycles. The second kappa shape index (κ2) is 7.02. The summed E-state index contributed by atoms with van der Waals surface area (Å²) < 4.78 is 3.45.